The number of nitrogens with one attached hydrogen (secondary N) is 1. The highest BCUT2D eigenvalue weighted by Gasteiger charge is 2.18. The van der Waals surface area contributed by atoms with E-state index in [1.54, 1.807) is 33.5 Å². The molecule has 28 heavy (non-hydrogen) atoms. The smallest absolute Gasteiger partial charge is 0.252 e. The number of hydrogen-bond donors (Lipinski definition) is 1. The molecule has 0 spiro atoms. The van der Waals surface area contributed by atoms with Crippen LogP contribution in [0.25, 0.3) is 0 Å². The van der Waals surface area contributed by atoms with E-state index in [0.717, 1.165) is 15.6 Å². The number of carbonyl (C=O) groups excluding carboxylic acids is 1. The molecular formula is C21H26INO5. The Bertz CT molecular complexity index is 825. The largest absolute Gasteiger partial charge is 0.493 e. The molecule has 0 bridgehead atoms. The van der Waals surface area contributed by atoms with E-state index in [2.05, 4.69) is 27.9 Å². The first-order chi connectivity index (χ1) is 13.4. The summed E-state index contributed by atoms with van der Waals surface area (Å²) in [4.78, 5) is 12.8. The Kier molecular flexibility index (Phi) is 8.22. The van der Waals surface area contributed by atoms with E-state index in [1.165, 1.54) is 0 Å². The highest BCUT2D eigenvalue weighted by molar-refractivity contribution is 14.1. The van der Waals surface area contributed by atoms with Gasteiger partial charge in [0.1, 0.15) is 0 Å². The summed E-state index contributed by atoms with van der Waals surface area (Å²) in [5.74, 6) is 2.25. The zero-order chi connectivity index (χ0) is 20.7. The second-order valence-corrected chi connectivity index (χ2v) is 7.30. The van der Waals surface area contributed by atoms with Crippen LogP contribution in [-0.4, -0.2) is 33.8 Å². The van der Waals surface area contributed by atoms with Crippen molar-refractivity contribution in [2.45, 2.75) is 26.3 Å². The van der Waals surface area contributed by atoms with Crippen molar-refractivity contribution in [3.05, 3.63) is 45.0 Å². The van der Waals surface area contributed by atoms with Gasteiger partial charge in [0.2, 0.25) is 0 Å². The van der Waals surface area contributed by atoms with Gasteiger partial charge in [-0.2, -0.15) is 0 Å². The maximum Gasteiger partial charge on any atom is 0.252 e. The highest BCUT2D eigenvalue weighted by atomic mass is 127. The zero-order valence-electron chi connectivity index (χ0n) is 16.8. The van der Waals surface area contributed by atoms with Crippen molar-refractivity contribution in [1.82, 2.24) is 5.32 Å². The molecule has 0 aromatic heterocycles. The maximum atomic E-state index is 12.8. The SMILES string of the molecule is CCCOc1ccc(C(C)NC(=O)c2cc(OC)c(OC)cc2I)cc1OC. The van der Waals surface area contributed by atoms with Crippen LogP contribution in [0, 0.1) is 3.57 Å². The van der Waals surface area contributed by atoms with E-state index in [4.69, 9.17) is 18.9 Å². The Morgan fingerprint density at radius 1 is 1.00 bits per heavy atom. The van der Waals surface area contributed by atoms with Crippen LogP contribution in [0.3, 0.4) is 0 Å². The van der Waals surface area contributed by atoms with E-state index in [1.807, 2.05) is 32.0 Å². The molecule has 1 amide bonds. The van der Waals surface area contributed by atoms with Crippen molar-refractivity contribution in [1.29, 1.82) is 0 Å². The van der Waals surface area contributed by atoms with Crippen LogP contribution >= 0.6 is 22.6 Å². The normalized spacial score (nSPS) is 11.5. The van der Waals surface area contributed by atoms with Gasteiger partial charge < -0.3 is 24.3 Å². The summed E-state index contributed by atoms with van der Waals surface area (Å²) in [6.07, 6.45) is 0.918. The predicted octanol–water partition coefficient (Wildman–Crippen LogP) is 4.60. The van der Waals surface area contributed by atoms with E-state index in [-0.39, 0.29) is 11.9 Å². The summed E-state index contributed by atoms with van der Waals surface area (Å²) in [6, 6.07) is 8.93. The van der Waals surface area contributed by atoms with Gasteiger partial charge in [-0.3, -0.25) is 4.79 Å². The molecule has 0 heterocycles. The van der Waals surface area contributed by atoms with Gasteiger partial charge >= 0.3 is 0 Å². The van der Waals surface area contributed by atoms with Gasteiger partial charge in [-0.1, -0.05) is 13.0 Å². The van der Waals surface area contributed by atoms with E-state index in [0.29, 0.717) is 35.2 Å². The van der Waals surface area contributed by atoms with E-state index < -0.39 is 0 Å². The molecule has 0 aliphatic heterocycles. The van der Waals surface area contributed by atoms with E-state index in [9.17, 15) is 4.79 Å². The quantitative estimate of drug-likeness (QED) is 0.512. The third-order valence-electron chi connectivity index (χ3n) is 4.21. The molecule has 0 fully saturated rings. The second kappa shape index (κ2) is 10.4. The molecule has 0 radical (unpaired) electrons. The lowest BCUT2D eigenvalue weighted by Gasteiger charge is -2.18. The average Bonchev–Trinajstić information content (AvgIpc) is 2.71. The molecule has 0 aliphatic carbocycles. The van der Waals surface area contributed by atoms with Crippen LogP contribution < -0.4 is 24.3 Å². The third-order valence-corrected chi connectivity index (χ3v) is 5.11. The molecule has 0 saturated heterocycles. The van der Waals surface area contributed by atoms with Gasteiger partial charge in [0.15, 0.2) is 23.0 Å². The minimum absolute atomic E-state index is 0.192. The molecule has 7 heteroatoms. The van der Waals surface area contributed by atoms with Crippen LogP contribution in [0.1, 0.15) is 42.2 Å². The lowest BCUT2D eigenvalue weighted by Crippen LogP contribution is -2.27. The van der Waals surface area contributed by atoms with Crippen molar-refractivity contribution in [3.63, 3.8) is 0 Å². The average molecular weight is 499 g/mol. The monoisotopic (exact) mass is 499 g/mol. The molecule has 2 aromatic rings. The van der Waals surface area contributed by atoms with E-state index >= 15 is 0 Å². The first kappa shape index (κ1) is 22.1. The number of rotatable bonds is 9. The number of benzene rings is 2. The first-order valence-electron chi connectivity index (χ1n) is 8.98. The van der Waals surface area contributed by atoms with Crippen LogP contribution in [0.4, 0.5) is 0 Å². The van der Waals surface area contributed by atoms with Crippen LogP contribution in [0.2, 0.25) is 0 Å². The van der Waals surface area contributed by atoms with Gasteiger partial charge in [-0.15, -0.1) is 0 Å². The lowest BCUT2D eigenvalue weighted by molar-refractivity contribution is 0.0938. The second-order valence-electron chi connectivity index (χ2n) is 6.14. The van der Waals surface area contributed by atoms with Crippen LogP contribution in [0.5, 0.6) is 23.0 Å². The van der Waals surface area contributed by atoms with Gasteiger partial charge in [-0.05, 0) is 65.8 Å². The molecule has 0 saturated carbocycles. The van der Waals surface area contributed by atoms with Gasteiger partial charge in [0.25, 0.3) is 5.91 Å². The maximum absolute atomic E-state index is 12.8. The Balaban J connectivity index is 2.20. The van der Waals surface area contributed by atoms with Gasteiger partial charge in [-0.25, -0.2) is 0 Å². The van der Waals surface area contributed by atoms with Crippen molar-refractivity contribution < 1.29 is 23.7 Å². The van der Waals surface area contributed by atoms with Crippen molar-refractivity contribution >= 4 is 28.5 Å². The molecule has 1 N–H and O–H groups in total. The molecule has 2 rings (SSSR count). The fourth-order valence-corrected chi connectivity index (χ4v) is 3.35. The third kappa shape index (κ3) is 5.21. The summed E-state index contributed by atoms with van der Waals surface area (Å²) in [5.41, 5.74) is 1.45. The molecule has 1 unspecified atom stereocenters. The summed E-state index contributed by atoms with van der Waals surface area (Å²) < 4.78 is 22.5. The highest BCUT2D eigenvalue weighted by Crippen LogP contribution is 2.33. The number of methoxy groups -OCH3 is 3. The standard InChI is InChI=1S/C21H26INO5/c1-6-9-28-17-8-7-14(10-18(17)25-3)13(2)23-21(24)15-11-19(26-4)20(27-5)12-16(15)22/h7-8,10-13H,6,9H2,1-5H3,(H,23,24). The summed E-state index contributed by atoms with van der Waals surface area (Å²) in [6.45, 7) is 4.60. The molecule has 152 valence electrons. The fraction of sp³-hybridized carbons (Fsp3) is 0.381. The summed E-state index contributed by atoms with van der Waals surface area (Å²) in [5, 5.41) is 3.02. The lowest BCUT2D eigenvalue weighted by atomic mass is 10.1. The minimum atomic E-state index is -0.217. The number of ether oxygens (including phenoxy) is 4. The Morgan fingerprint density at radius 2 is 1.61 bits per heavy atom. The molecule has 6 nitrogen and oxygen atoms in total. The topological polar surface area (TPSA) is 66.0 Å². The molecule has 2 aromatic carbocycles. The molecule has 1 atom stereocenters. The first-order valence-corrected chi connectivity index (χ1v) is 10.1. The van der Waals surface area contributed by atoms with Gasteiger partial charge in [0, 0.05) is 3.57 Å². The van der Waals surface area contributed by atoms with Crippen molar-refractivity contribution in [2.24, 2.45) is 0 Å². The van der Waals surface area contributed by atoms with Crippen molar-refractivity contribution in [3.8, 4) is 23.0 Å². The number of hydrogen-bond acceptors (Lipinski definition) is 5. The number of carbonyl (C=O) groups is 1. The number of halogens is 1. The number of amides is 1. The predicted molar refractivity (Wildman–Crippen MR) is 117 cm³/mol. The van der Waals surface area contributed by atoms with Crippen LogP contribution in [0.15, 0.2) is 30.3 Å². The molecular weight excluding hydrogens is 473 g/mol. The summed E-state index contributed by atoms with van der Waals surface area (Å²) >= 11 is 2.11. The van der Waals surface area contributed by atoms with Crippen LogP contribution in [-0.2, 0) is 0 Å². The van der Waals surface area contributed by atoms with Gasteiger partial charge in [0.05, 0.1) is 39.5 Å². The Hall–Kier alpha value is -2.16. The Morgan fingerprint density at radius 3 is 2.21 bits per heavy atom. The Labute approximate surface area is 179 Å². The van der Waals surface area contributed by atoms with Crippen molar-refractivity contribution in [2.75, 3.05) is 27.9 Å². The minimum Gasteiger partial charge on any atom is -0.493 e. The summed E-state index contributed by atoms with van der Waals surface area (Å²) in [7, 11) is 4.72. The zero-order valence-corrected chi connectivity index (χ0v) is 19.0. The molecule has 0 aliphatic rings. The fourth-order valence-electron chi connectivity index (χ4n) is 2.67.